The normalized spacial score (nSPS) is 30.3. The number of nitrogens with zero attached hydrogens (tertiary/aromatic N) is 2. The predicted molar refractivity (Wildman–Crippen MR) is 75.3 cm³/mol. The summed E-state index contributed by atoms with van der Waals surface area (Å²) in [5.41, 5.74) is 1.35. The topological polar surface area (TPSA) is 29.9 Å². The molecule has 0 aliphatic heterocycles. The fraction of sp³-hybridized carbons (Fsp3) is 0.800. The summed E-state index contributed by atoms with van der Waals surface area (Å²) in [6.07, 6.45) is 8.27. The second-order valence-electron chi connectivity index (χ2n) is 6.16. The van der Waals surface area contributed by atoms with Crippen molar-refractivity contribution in [2.75, 3.05) is 6.54 Å². The van der Waals surface area contributed by atoms with E-state index in [4.69, 9.17) is 0 Å². The van der Waals surface area contributed by atoms with Gasteiger partial charge in [-0.2, -0.15) is 5.10 Å². The Hall–Kier alpha value is -0.830. The summed E-state index contributed by atoms with van der Waals surface area (Å²) in [4.78, 5) is 0. The zero-order chi connectivity index (χ0) is 13.1. The first-order valence-corrected chi connectivity index (χ1v) is 7.32. The molecule has 18 heavy (non-hydrogen) atoms. The van der Waals surface area contributed by atoms with Crippen LogP contribution in [0.1, 0.15) is 51.6 Å². The highest BCUT2D eigenvalue weighted by atomic mass is 15.2. The summed E-state index contributed by atoms with van der Waals surface area (Å²) in [7, 11) is 2.00. The SMILES string of the molecule is CCNC(c1cnn(C)c1)C1CC(C)CC(C)C1. The summed E-state index contributed by atoms with van der Waals surface area (Å²) in [6, 6.07) is 0.480. The molecule has 3 atom stereocenters. The summed E-state index contributed by atoms with van der Waals surface area (Å²) < 4.78 is 1.91. The molecule has 2 rings (SSSR count). The van der Waals surface area contributed by atoms with Gasteiger partial charge in [0.2, 0.25) is 0 Å². The number of rotatable bonds is 4. The van der Waals surface area contributed by atoms with E-state index in [-0.39, 0.29) is 0 Å². The van der Waals surface area contributed by atoms with Crippen LogP contribution in [0.5, 0.6) is 0 Å². The molecule has 1 aromatic rings. The van der Waals surface area contributed by atoms with E-state index in [9.17, 15) is 0 Å². The Bertz CT molecular complexity index is 362. The molecule has 0 radical (unpaired) electrons. The zero-order valence-electron chi connectivity index (χ0n) is 12.2. The van der Waals surface area contributed by atoms with Crippen molar-refractivity contribution in [3.63, 3.8) is 0 Å². The van der Waals surface area contributed by atoms with Gasteiger partial charge in [0, 0.05) is 24.8 Å². The molecule has 0 bridgehead atoms. The average molecular weight is 249 g/mol. The molecule has 1 N–H and O–H groups in total. The minimum Gasteiger partial charge on any atom is -0.310 e. The van der Waals surface area contributed by atoms with Gasteiger partial charge in [0.15, 0.2) is 0 Å². The van der Waals surface area contributed by atoms with E-state index in [1.165, 1.54) is 24.8 Å². The number of aryl methyl sites for hydroxylation is 1. The van der Waals surface area contributed by atoms with Gasteiger partial charge < -0.3 is 5.32 Å². The first-order chi connectivity index (χ1) is 8.60. The Kier molecular flexibility index (Phi) is 4.44. The number of hydrogen-bond acceptors (Lipinski definition) is 2. The van der Waals surface area contributed by atoms with Gasteiger partial charge in [0.25, 0.3) is 0 Å². The summed E-state index contributed by atoms with van der Waals surface area (Å²) in [5.74, 6) is 2.47. The van der Waals surface area contributed by atoms with Crippen molar-refractivity contribution in [1.29, 1.82) is 0 Å². The molecule has 0 aromatic carbocycles. The number of nitrogens with one attached hydrogen (secondary N) is 1. The fourth-order valence-corrected chi connectivity index (χ4v) is 3.66. The van der Waals surface area contributed by atoms with Gasteiger partial charge in [0.1, 0.15) is 0 Å². The van der Waals surface area contributed by atoms with Gasteiger partial charge in [0.05, 0.1) is 6.20 Å². The number of hydrogen-bond donors (Lipinski definition) is 1. The minimum absolute atomic E-state index is 0.480. The second-order valence-corrected chi connectivity index (χ2v) is 6.16. The quantitative estimate of drug-likeness (QED) is 0.888. The molecule has 1 aromatic heterocycles. The Balaban J connectivity index is 2.14. The number of aromatic nitrogens is 2. The van der Waals surface area contributed by atoms with Crippen molar-refractivity contribution in [1.82, 2.24) is 15.1 Å². The van der Waals surface area contributed by atoms with Gasteiger partial charge in [-0.25, -0.2) is 0 Å². The maximum Gasteiger partial charge on any atom is 0.0537 e. The van der Waals surface area contributed by atoms with Gasteiger partial charge in [-0.05, 0) is 43.6 Å². The van der Waals surface area contributed by atoms with Crippen molar-refractivity contribution < 1.29 is 0 Å². The van der Waals surface area contributed by atoms with Crippen molar-refractivity contribution in [3.8, 4) is 0 Å². The van der Waals surface area contributed by atoms with E-state index in [0.717, 1.165) is 24.3 Å². The molecule has 1 saturated carbocycles. The van der Waals surface area contributed by atoms with Crippen LogP contribution in [0.3, 0.4) is 0 Å². The van der Waals surface area contributed by atoms with Gasteiger partial charge in [-0.15, -0.1) is 0 Å². The van der Waals surface area contributed by atoms with E-state index < -0.39 is 0 Å². The van der Waals surface area contributed by atoms with Crippen LogP contribution in [0.4, 0.5) is 0 Å². The lowest BCUT2D eigenvalue weighted by Gasteiger charge is -2.36. The third-order valence-corrected chi connectivity index (χ3v) is 4.19. The largest absolute Gasteiger partial charge is 0.310 e. The third-order valence-electron chi connectivity index (χ3n) is 4.19. The summed E-state index contributed by atoms with van der Waals surface area (Å²) in [5, 5.41) is 8.00. The molecule has 1 heterocycles. The van der Waals surface area contributed by atoms with Crippen LogP contribution < -0.4 is 5.32 Å². The summed E-state index contributed by atoms with van der Waals surface area (Å²) in [6.45, 7) is 8.02. The minimum atomic E-state index is 0.480. The molecule has 0 saturated heterocycles. The molecule has 3 heteroatoms. The third kappa shape index (κ3) is 3.14. The Morgan fingerprint density at radius 2 is 2.00 bits per heavy atom. The molecule has 102 valence electrons. The van der Waals surface area contributed by atoms with Crippen molar-refractivity contribution in [3.05, 3.63) is 18.0 Å². The first-order valence-electron chi connectivity index (χ1n) is 7.32. The standard InChI is InChI=1S/C15H27N3/c1-5-16-15(14-9-17-18(4)10-14)13-7-11(2)6-12(3)8-13/h9-13,15-16H,5-8H2,1-4H3. The Morgan fingerprint density at radius 1 is 1.33 bits per heavy atom. The molecule has 0 amide bonds. The van der Waals surface area contributed by atoms with E-state index in [0.29, 0.717) is 6.04 Å². The maximum atomic E-state index is 4.33. The van der Waals surface area contributed by atoms with E-state index in [2.05, 4.69) is 37.4 Å². The van der Waals surface area contributed by atoms with Crippen molar-refractivity contribution >= 4 is 0 Å². The molecular formula is C15H27N3. The van der Waals surface area contributed by atoms with Gasteiger partial charge in [-0.3, -0.25) is 4.68 Å². The van der Waals surface area contributed by atoms with Crippen molar-refractivity contribution in [2.24, 2.45) is 24.8 Å². The van der Waals surface area contributed by atoms with E-state index in [1.807, 2.05) is 17.9 Å². The Labute approximate surface area is 111 Å². The van der Waals surface area contributed by atoms with E-state index in [1.54, 1.807) is 0 Å². The lowest BCUT2D eigenvalue weighted by atomic mass is 9.72. The van der Waals surface area contributed by atoms with Crippen molar-refractivity contribution in [2.45, 2.75) is 46.1 Å². The first kappa shape index (κ1) is 13.6. The molecule has 1 fully saturated rings. The second kappa shape index (κ2) is 5.87. The lowest BCUT2D eigenvalue weighted by molar-refractivity contribution is 0.177. The molecule has 3 nitrogen and oxygen atoms in total. The maximum absolute atomic E-state index is 4.33. The highest BCUT2D eigenvalue weighted by molar-refractivity contribution is 5.12. The van der Waals surface area contributed by atoms with E-state index >= 15 is 0 Å². The van der Waals surface area contributed by atoms with Crippen LogP contribution in [-0.4, -0.2) is 16.3 Å². The highest BCUT2D eigenvalue weighted by Gasteiger charge is 2.30. The van der Waals surface area contributed by atoms with Crippen LogP contribution in [0.25, 0.3) is 0 Å². The van der Waals surface area contributed by atoms with Crippen LogP contribution in [0.2, 0.25) is 0 Å². The average Bonchev–Trinajstić information content (AvgIpc) is 2.71. The summed E-state index contributed by atoms with van der Waals surface area (Å²) >= 11 is 0. The van der Waals surface area contributed by atoms with Crippen LogP contribution >= 0.6 is 0 Å². The molecule has 0 spiro atoms. The monoisotopic (exact) mass is 249 g/mol. The van der Waals surface area contributed by atoms with Gasteiger partial charge >= 0.3 is 0 Å². The molecule has 1 aliphatic carbocycles. The lowest BCUT2D eigenvalue weighted by Crippen LogP contribution is -2.33. The predicted octanol–water partition coefficient (Wildman–Crippen LogP) is 3.14. The molecular weight excluding hydrogens is 222 g/mol. The smallest absolute Gasteiger partial charge is 0.0537 e. The molecule has 3 unspecified atom stereocenters. The fourth-order valence-electron chi connectivity index (χ4n) is 3.66. The highest BCUT2D eigenvalue weighted by Crippen LogP contribution is 2.39. The van der Waals surface area contributed by atoms with Crippen LogP contribution in [-0.2, 0) is 7.05 Å². The molecule has 1 aliphatic rings. The Morgan fingerprint density at radius 3 is 2.50 bits per heavy atom. The van der Waals surface area contributed by atoms with Crippen LogP contribution in [0.15, 0.2) is 12.4 Å². The van der Waals surface area contributed by atoms with Crippen LogP contribution in [0, 0.1) is 17.8 Å². The zero-order valence-corrected chi connectivity index (χ0v) is 12.2. The van der Waals surface area contributed by atoms with Gasteiger partial charge in [-0.1, -0.05) is 20.8 Å².